The van der Waals surface area contributed by atoms with Gasteiger partial charge >= 0.3 is 60.3 Å². The Kier molecular flexibility index (Phi) is 34.2. The summed E-state index contributed by atoms with van der Waals surface area (Å²) >= 11 is 0. The van der Waals surface area contributed by atoms with Gasteiger partial charge in [-0.05, 0) is 0 Å². The van der Waals surface area contributed by atoms with Gasteiger partial charge in [0.25, 0.3) is 0 Å². The number of hydrogen-bond donors (Lipinski definition) is 4. The summed E-state index contributed by atoms with van der Waals surface area (Å²) in [6.45, 7) is 0. The van der Waals surface area contributed by atoms with Crippen LogP contribution >= 0.6 is 0 Å². The van der Waals surface area contributed by atoms with Gasteiger partial charge < -0.3 is 139 Å². The minimum Gasteiger partial charge on any atom is -0.550 e. The Labute approximate surface area is 343 Å². The van der Waals surface area contributed by atoms with Gasteiger partial charge in [-0.1, -0.05) is 0 Å². The van der Waals surface area contributed by atoms with Gasteiger partial charge in [0.2, 0.25) is 0 Å². The molecule has 0 bridgehead atoms. The predicted molar refractivity (Wildman–Crippen MR) is 117 cm³/mol. The van der Waals surface area contributed by atoms with Gasteiger partial charge in [-0.2, -0.15) is 0 Å². The third-order valence-electron chi connectivity index (χ3n) is 5.01. The first-order valence-electron chi connectivity index (χ1n) is 12.5. The van der Waals surface area contributed by atoms with Crippen LogP contribution in [0, 0.1) is 0 Å². The van der Waals surface area contributed by atoms with E-state index in [9.17, 15) is 119 Å². The largest absolute Gasteiger partial charge is 4.00 e. The van der Waals surface area contributed by atoms with E-state index in [1.807, 2.05) is 0 Å². The molecule has 0 unspecified atom stereocenters. The number of rotatable bonds is 20. The van der Waals surface area contributed by atoms with Crippen LogP contribution in [-0.4, -0.2) is 114 Å². The van der Waals surface area contributed by atoms with Crippen LogP contribution in [0.1, 0.15) is 51.4 Å². The van der Waals surface area contributed by atoms with Crippen LogP contribution in [0.15, 0.2) is 0 Å². The topological polar surface area (TPSA) is 562 Å². The Morgan fingerprint density at radius 1 is 0.255 bits per heavy atom. The van der Waals surface area contributed by atoms with E-state index < -0.39 is 145 Å². The molecule has 0 spiro atoms. The van der Waals surface area contributed by atoms with Gasteiger partial charge in [-0.3, -0.25) is 0 Å². The third kappa shape index (κ3) is 31.5. The summed E-state index contributed by atoms with van der Waals surface area (Å²) in [7, 11) is 0. The molecule has 0 heterocycles. The Hall–Kier alpha value is -4.57. The quantitative estimate of drug-likeness (QED) is 0.0879. The second-order valence-electron chi connectivity index (χ2n) is 9.67. The fraction of sp³-hybridized carbons (Fsp3) is 0.500. The van der Waals surface area contributed by atoms with Crippen LogP contribution in [0.25, 0.3) is 0 Å². The number of carboxylic acids is 12. The first-order chi connectivity index (χ1) is 23.1. The van der Waals surface area contributed by atoms with Gasteiger partial charge in [-0.25, -0.2) is 0 Å². The van der Waals surface area contributed by atoms with Crippen molar-refractivity contribution in [2.45, 2.75) is 73.8 Å². The summed E-state index contributed by atoms with van der Waals surface area (Å²) in [5, 5.41) is 156. The zero-order chi connectivity index (χ0) is 42.6. The number of carbonyl (C=O) groups excluding carboxylic acids is 12. The number of aliphatic carboxylic acids is 12. The molecule has 0 saturated carbocycles. The van der Waals surface area contributed by atoms with Gasteiger partial charge in [0.05, 0.1) is 23.9 Å². The molecular weight excluding hydrogens is 1310 g/mol. The molecule has 31 heteroatoms. The smallest absolute Gasteiger partial charge is 0.550 e. The number of carbonyl (C=O) groups is 12. The second-order valence-corrected chi connectivity index (χ2v) is 9.67. The Bertz CT molecular complexity index is 1130. The van der Waals surface area contributed by atoms with E-state index in [2.05, 4.69) is 0 Å². The summed E-state index contributed by atoms with van der Waals surface area (Å²) < 4.78 is 0. The molecule has 4 N–H and O–H groups in total. The number of aliphatic hydroxyl groups is 4. The molecule has 0 amide bonds. The van der Waals surface area contributed by atoms with Crippen LogP contribution in [-0.2, 0) is 118 Å². The van der Waals surface area contributed by atoms with E-state index in [0.717, 1.165) is 0 Å². The monoisotopic (exact) mass is 1330 g/mol. The van der Waals surface area contributed by atoms with E-state index in [1.165, 1.54) is 0 Å². The van der Waals surface area contributed by atoms with Crippen molar-refractivity contribution in [3.05, 3.63) is 0 Å². The molecule has 28 nitrogen and oxygen atoms in total. The van der Waals surface area contributed by atoms with Crippen LogP contribution < -0.4 is 61.3 Å². The van der Waals surface area contributed by atoms with Crippen molar-refractivity contribution in [3.8, 4) is 0 Å². The zero-order valence-corrected chi connectivity index (χ0v) is 33.4. The molecule has 0 aliphatic rings. The van der Waals surface area contributed by atoms with Gasteiger partial charge in [0.15, 0.2) is 0 Å². The Morgan fingerprint density at radius 2 is 0.327 bits per heavy atom. The van der Waals surface area contributed by atoms with Gasteiger partial charge in [0.1, 0.15) is 22.4 Å². The normalized spacial score (nSPS) is 10.3. The maximum atomic E-state index is 10.1. The van der Waals surface area contributed by atoms with Crippen LogP contribution in [0.4, 0.5) is 0 Å². The van der Waals surface area contributed by atoms with Crippen molar-refractivity contribution in [2.24, 2.45) is 0 Å². The van der Waals surface area contributed by atoms with Crippen LogP contribution in [0.5, 0.6) is 0 Å². The maximum Gasteiger partial charge on any atom is 4.00 e. The third-order valence-corrected chi connectivity index (χ3v) is 5.01. The van der Waals surface area contributed by atoms with Crippen molar-refractivity contribution in [1.29, 1.82) is 0 Å². The van der Waals surface area contributed by atoms with E-state index in [0.29, 0.717) is 0 Å². The molecule has 311 valence electrons. The average molecular weight is 1330 g/mol. The fourth-order valence-corrected chi connectivity index (χ4v) is 2.74. The van der Waals surface area contributed by atoms with Crippen LogP contribution in [0.2, 0.25) is 0 Å². The molecule has 3 radical (unpaired) electrons. The summed E-state index contributed by atoms with van der Waals surface area (Å²) in [6.07, 6.45) is -10.9. The molecule has 0 aromatic carbocycles. The summed E-state index contributed by atoms with van der Waals surface area (Å²) in [6, 6.07) is 0. The molecule has 0 atom stereocenters. The first-order valence-corrected chi connectivity index (χ1v) is 12.5. The van der Waals surface area contributed by atoms with E-state index in [4.69, 9.17) is 20.4 Å². The van der Waals surface area contributed by atoms with E-state index in [1.54, 1.807) is 0 Å². The van der Waals surface area contributed by atoms with Crippen molar-refractivity contribution < 1.29 is 200 Å². The predicted octanol–water partition coefficient (Wildman–Crippen LogP) is -21.0. The fourth-order valence-electron chi connectivity index (χ4n) is 2.74. The molecular formula is C24H20Ir3O28. The number of hydrogen-bond acceptors (Lipinski definition) is 28. The molecule has 0 aromatic heterocycles. The molecule has 0 rings (SSSR count). The molecule has 0 fully saturated rings. The molecule has 0 aliphatic carbocycles. The Balaban J connectivity index is -0.000000110. The van der Waals surface area contributed by atoms with Crippen molar-refractivity contribution in [3.63, 3.8) is 0 Å². The summed E-state index contributed by atoms with van der Waals surface area (Å²) in [5.41, 5.74) is -11.9. The van der Waals surface area contributed by atoms with Gasteiger partial charge in [-0.15, -0.1) is 0 Å². The number of carboxylic acid groups (broad SMARTS) is 12. The Morgan fingerprint density at radius 3 is 0.364 bits per heavy atom. The second kappa shape index (κ2) is 28.8. The first kappa shape index (κ1) is 65.3. The minimum atomic E-state index is -2.97. The van der Waals surface area contributed by atoms with E-state index in [-0.39, 0.29) is 60.3 Å². The van der Waals surface area contributed by atoms with Crippen molar-refractivity contribution in [1.82, 2.24) is 0 Å². The molecule has 0 aliphatic heterocycles. The van der Waals surface area contributed by atoms with E-state index >= 15 is 0 Å². The van der Waals surface area contributed by atoms with Crippen molar-refractivity contribution in [2.75, 3.05) is 0 Å². The summed E-state index contributed by atoms with van der Waals surface area (Å²) in [4.78, 5) is 120. The molecule has 55 heavy (non-hydrogen) atoms. The maximum absolute atomic E-state index is 10.1. The van der Waals surface area contributed by atoms with Crippen molar-refractivity contribution >= 4 is 71.6 Å². The zero-order valence-electron chi connectivity index (χ0n) is 26.2. The summed E-state index contributed by atoms with van der Waals surface area (Å²) in [5.74, 6) is -23.9. The van der Waals surface area contributed by atoms with Crippen LogP contribution in [0.3, 0.4) is 0 Å². The average Bonchev–Trinajstić information content (AvgIpc) is 2.85. The SMILES string of the molecule is O=C([O-])CC(O)(CC(=O)[O-])C(=O)[O-].O=C([O-])CC(O)(CC(=O)[O-])C(=O)[O-].O=C([O-])CC(O)(CC(=O)[O-])C(=O)[O-].O=C([O-])CC(O)(CC(=O)[O-])C(=O)[O-].[Ir+4].[Ir+4].[Ir+4]. The molecule has 0 saturated heterocycles. The molecule has 0 aromatic rings. The van der Waals surface area contributed by atoms with Gasteiger partial charge in [0, 0.05) is 99.1 Å². The standard InChI is InChI=1S/4C6H8O7.3Ir/c4*7-3(8)1-6(13,5(11)12)2-4(9)10;;;/h4*13H,1-2H2,(H,7,8)(H,9,10)(H,11,12);;;/q;;;;3*+4/p-12. The minimum absolute atomic E-state index is 0.